The van der Waals surface area contributed by atoms with Gasteiger partial charge in [0.1, 0.15) is 11.8 Å². The Morgan fingerprint density at radius 1 is 1.40 bits per heavy atom. The van der Waals surface area contributed by atoms with E-state index in [-0.39, 0.29) is 0 Å². The van der Waals surface area contributed by atoms with Crippen LogP contribution >= 0.6 is 0 Å². The van der Waals surface area contributed by atoms with E-state index in [2.05, 4.69) is 23.3 Å². The molecule has 0 aromatic heterocycles. The van der Waals surface area contributed by atoms with Gasteiger partial charge in [0.15, 0.2) is 0 Å². The van der Waals surface area contributed by atoms with Crippen LogP contribution in [0.5, 0.6) is 5.75 Å². The summed E-state index contributed by atoms with van der Waals surface area (Å²) < 4.78 is 5.27. The number of methoxy groups -OCH3 is 1. The quantitative estimate of drug-likeness (QED) is 0.913. The molecule has 0 spiro atoms. The highest BCUT2D eigenvalue weighted by Gasteiger charge is 2.17. The summed E-state index contributed by atoms with van der Waals surface area (Å²) in [6, 6.07) is 8.62. The zero-order valence-electron chi connectivity index (χ0n) is 12.4. The first kappa shape index (κ1) is 14.8. The van der Waals surface area contributed by atoms with Gasteiger partial charge >= 0.3 is 0 Å². The summed E-state index contributed by atoms with van der Waals surface area (Å²) in [4.78, 5) is 2.41. The van der Waals surface area contributed by atoms with Crippen LogP contribution < -0.4 is 10.1 Å². The van der Waals surface area contributed by atoms with Crippen molar-refractivity contribution in [3.8, 4) is 11.8 Å². The topological polar surface area (TPSA) is 48.3 Å². The zero-order chi connectivity index (χ0) is 14.4. The Bertz CT molecular complexity index is 473. The monoisotopic (exact) mass is 273 g/mol. The van der Waals surface area contributed by atoms with E-state index in [1.807, 2.05) is 18.2 Å². The molecule has 1 unspecified atom stereocenters. The van der Waals surface area contributed by atoms with Crippen LogP contribution in [0.2, 0.25) is 0 Å². The maximum Gasteiger partial charge on any atom is 0.136 e. The SMILES string of the molecule is COc1cc(CN(C)C2CCCNCC2)ccc1C#N. The summed E-state index contributed by atoms with van der Waals surface area (Å²) in [7, 11) is 3.79. The van der Waals surface area contributed by atoms with Crippen molar-refractivity contribution in [2.75, 3.05) is 27.2 Å². The molecule has 0 aliphatic carbocycles. The second-order valence-corrected chi connectivity index (χ2v) is 5.40. The van der Waals surface area contributed by atoms with Gasteiger partial charge in [-0.05, 0) is 57.1 Å². The third-order valence-corrected chi connectivity index (χ3v) is 3.99. The Morgan fingerprint density at radius 2 is 2.25 bits per heavy atom. The lowest BCUT2D eigenvalue weighted by molar-refractivity contribution is 0.216. The summed E-state index contributed by atoms with van der Waals surface area (Å²) in [5.41, 5.74) is 1.79. The van der Waals surface area contributed by atoms with E-state index >= 15 is 0 Å². The lowest BCUT2D eigenvalue weighted by Gasteiger charge is -2.27. The van der Waals surface area contributed by atoms with Crippen molar-refractivity contribution in [1.29, 1.82) is 5.26 Å². The number of rotatable bonds is 4. The molecule has 1 aliphatic rings. The average molecular weight is 273 g/mol. The first-order valence-electron chi connectivity index (χ1n) is 7.22. The van der Waals surface area contributed by atoms with E-state index in [1.54, 1.807) is 7.11 Å². The van der Waals surface area contributed by atoms with E-state index in [4.69, 9.17) is 10.00 Å². The molecule has 108 valence electrons. The molecule has 1 aromatic rings. The highest BCUT2D eigenvalue weighted by atomic mass is 16.5. The number of nitrogens with zero attached hydrogens (tertiary/aromatic N) is 2. The molecule has 2 rings (SSSR count). The van der Waals surface area contributed by atoms with Gasteiger partial charge in [-0.2, -0.15) is 5.26 Å². The van der Waals surface area contributed by atoms with E-state index in [0.717, 1.165) is 19.6 Å². The molecule has 1 atom stereocenters. The highest BCUT2D eigenvalue weighted by molar-refractivity contribution is 5.45. The van der Waals surface area contributed by atoms with Crippen LogP contribution in [-0.4, -0.2) is 38.2 Å². The highest BCUT2D eigenvalue weighted by Crippen LogP contribution is 2.21. The van der Waals surface area contributed by atoms with Gasteiger partial charge in [0.25, 0.3) is 0 Å². The number of ether oxygens (including phenoxy) is 1. The molecule has 1 heterocycles. The van der Waals surface area contributed by atoms with Gasteiger partial charge in [0.2, 0.25) is 0 Å². The number of hydrogen-bond donors (Lipinski definition) is 1. The summed E-state index contributed by atoms with van der Waals surface area (Å²) in [5, 5.41) is 12.5. The van der Waals surface area contributed by atoms with E-state index in [1.165, 1.54) is 24.8 Å². The molecule has 0 radical (unpaired) electrons. The fourth-order valence-corrected chi connectivity index (χ4v) is 2.78. The largest absolute Gasteiger partial charge is 0.495 e. The first-order valence-corrected chi connectivity index (χ1v) is 7.22. The van der Waals surface area contributed by atoms with Crippen LogP contribution in [0.15, 0.2) is 18.2 Å². The predicted molar refractivity (Wildman–Crippen MR) is 79.7 cm³/mol. The van der Waals surface area contributed by atoms with Gasteiger partial charge in [-0.3, -0.25) is 4.90 Å². The molecule has 0 amide bonds. The smallest absolute Gasteiger partial charge is 0.136 e. The zero-order valence-corrected chi connectivity index (χ0v) is 12.4. The fraction of sp³-hybridized carbons (Fsp3) is 0.562. The minimum atomic E-state index is 0.595. The maximum absolute atomic E-state index is 9.01. The molecule has 1 fully saturated rings. The molecule has 20 heavy (non-hydrogen) atoms. The van der Waals surface area contributed by atoms with Gasteiger partial charge in [-0.15, -0.1) is 0 Å². The number of nitrogens with one attached hydrogen (secondary N) is 1. The predicted octanol–water partition coefficient (Wildman–Crippen LogP) is 2.14. The van der Waals surface area contributed by atoms with Crippen molar-refractivity contribution in [3.05, 3.63) is 29.3 Å². The second kappa shape index (κ2) is 7.28. The molecule has 1 saturated heterocycles. The lowest BCUT2D eigenvalue weighted by atomic mass is 10.1. The number of nitriles is 1. The maximum atomic E-state index is 9.01. The van der Waals surface area contributed by atoms with Gasteiger partial charge in [0.05, 0.1) is 12.7 Å². The molecule has 0 saturated carbocycles. The van der Waals surface area contributed by atoms with Gasteiger partial charge in [0, 0.05) is 12.6 Å². The summed E-state index contributed by atoms with van der Waals surface area (Å²) in [5.74, 6) is 0.668. The third-order valence-electron chi connectivity index (χ3n) is 3.99. The minimum Gasteiger partial charge on any atom is -0.495 e. The third kappa shape index (κ3) is 3.72. The Labute approximate surface area is 121 Å². The van der Waals surface area contributed by atoms with E-state index in [9.17, 15) is 0 Å². The number of hydrogen-bond acceptors (Lipinski definition) is 4. The fourth-order valence-electron chi connectivity index (χ4n) is 2.78. The molecular formula is C16H23N3O. The van der Waals surface area contributed by atoms with Gasteiger partial charge in [-0.25, -0.2) is 0 Å². The Balaban J connectivity index is 2.03. The molecule has 1 aliphatic heterocycles. The van der Waals surface area contributed by atoms with Crippen LogP contribution in [0, 0.1) is 11.3 Å². The molecule has 4 nitrogen and oxygen atoms in total. The summed E-state index contributed by atoms with van der Waals surface area (Å²) in [6.45, 7) is 3.13. The van der Waals surface area contributed by atoms with Crippen molar-refractivity contribution in [2.24, 2.45) is 0 Å². The summed E-state index contributed by atoms with van der Waals surface area (Å²) in [6.07, 6.45) is 3.69. The first-order chi connectivity index (χ1) is 9.74. The number of benzene rings is 1. The van der Waals surface area contributed by atoms with Crippen LogP contribution in [-0.2, 0) is 6.54 Å². The van der Waals surface area contributed by atoms with E-state index in [0.29, 0.717) is 17.4 Å². The second-order valence-electron chi connectivity index (χ2n) is 5.40. The molecular weight excluding hydrogens is 250 g/mol. The standard InChI is InChI=1S/C16H23N3O/c1-19(15-4-3-8-18-9-7-15)12-13-5-6-14(11-17)16(10-13)20-2/h5-6,10,15,18H,3-4,7-9,12H2,1-2H3. The van der Waals surface area contributed by atoms with Crippen LogP contribution in [0.25, 0.3) is 0 Å². The van der Waals surface area contributed by atoms with Crippen LogP contribution in [0.3, 0.4) is 0 Å². The summed E-state index contributed by atoms with van der Waals surface area (Å²) >= 11 is 0. The van der Waals surface area contributed by atoms with Gasteiger partial charge in [-0.1, -0.05) is 6.07 Å². The van der Waals surface area contributed by atoms with Crippen molar-refractivity contribution in [2.45, 2.75) is 31.8 Å². The molecule has 0 bridgehead atoms. The average Bonchev–Trinajstić information content (AvgIpc) is 2.76. The van der Waals surface area contributed by atoms with Crippen LogP contribution in [0.1, 0.15) is 30.4 Å². The van der Waals surface area contributed by atoms with Crippen molar-refractivity contribution >= 4 is 0 Å². The minimum absolute atomic E-state index is 0.595. The molecule has 4 heteroatoms. The Kier molecular flexibility index (Phi) is 5.40. The van der Waals surface area contributed by atoms with Crippen molar-refractivity contribution < 1.29 is 4.74 Å². The van der Waals surface area contributed by atoms with Crippen molar-refractivity contribution in [1.82, 2.24) is 10.2 Å². The molecule has 1 N–H and O–H groups in total. The Hall–Kier alpha value is -1.57. The van der Waals surface area contributed by atoms with E-state index < -0.39 is 0 Å². The van der Waals surface area contributed by atoms with Gasteiger partial charge < -0.3 is 10.1 Å². The molecule has 1 aromatic carbocycles. The normalized spacial score (nSPS) is 19.4. The lowest BCUT2D eigenvalue weighted by Crippen LogP contribution is -2.32. The Morgan fingerprint density at radius 3 is 3.00 bits per heavy atom. The van der Waals surface area contributed by atoms with Crippen molar-refractivity contribution in [3.63, 3.8) is 0 Å². The van der Waals surface area contributed by atoms with Crippen LogP contribution in [0.4, 0.5) is 0 Å².